The standard InChI is InChI=1S/C16H30N2O/c1-13-4-7-16(8-5-13,11-17-14-2-3-14)12-18-9-6-15(19)10-18/h13-15,17,19H,2-12H2,1H3. The molecule has 1 saturated heterocycles. The van der Waals surface area contributed by atoms with Gasteiger partial charge in [-0.3, -0.25) is 0 Å². The van der Waals surface area contributed by atoms with Crippen molar-refractivity contribution in [2.45, 2.75) is 64.0 Å². The van der Waals surface area contributed by atoms with E-state index in [9.17, 15) is 5.11 Å². The van der Waals surface area contributed by atoms with Gasteiger partial charge in [0.05, 0.1) is 6.10 Å². The van der Waals surface area contributed by atoms with Crippen LogP contribution in [0.3, 0.4) is 0 Å². The number of nitrogens with zero attached hydrogens (tertiary/aromatic N) is 1. The Hall–Kier alpha value is -0.120. The van der Waals surface area contributed by atoms with Gasteiger partial charge in [-0.25, -0.2) is 0 Å². The van der Waals surface area contributed by atoms with Crippen LogP contribution in [0.1, 0.15) is 51.9 Å². The van der Waals surface area contributed by atoms with E-state index in [0.29, 0.717) is 5.41 Å². The smallest absolute Gasteiger partial charge is 0.0679 e. The zero-order valence-corrected chi connectivity index (χ0v) is 12.4. The Morgan fingerprint density at radius 3 is 2.47 bits per heavy atom. The Balaban J connectivity index is 1.57. The highest BCUT2D eigenvalue weighted by molar-refractivity contribution is 4.93. The molecule has 1 aliphatic heterocycles. The van der Waals surface area contributed by atoms with E-state index < -0.39 is 0 Å². The average molecular weight is 266 g/mol. The zero-order valence-electron chi connectivity index (χ0n) is 12.4. The zero-order chi connectivity index (χ0) is 13.3. The first-order valence-electron chi connectivity index (χ1n) is 8.29. The Bertz CT molecular complexity index is 295. The topological polar surface area (TPSA) is 35.5 Å². The fourth-order valence-corrected chi connectivity index (χ4v) is 3.84. The van der Waals surface area contributed by atoms with Crippen molar-refractivity contribution in [1.29, 1.82) is 0 Å². The summed E-state index contributed by atoms with van der Waals surface area (Å²) < 4.78 is 0. The van der Waals surface area contributed by atoms with E-state index in [2.05, 4.69) is 17.1 Å². The summed E-state index contributed by atoms with van der Waals surface area (Å²) in [6, 6.07) is 0.820. The molecule has 0 aromatic rings. The Labute approximate surface area is 117 Å². The summed E-state index contributed by atoms with van der Waals surface area (Å²) in [5.74, 6) is 0.915. The van der Waals surface area contributed by atoms with Gasteiger partial charge < -0.3 is 15.3 Å². The second-order valence-corrected chi connectivity index (χ2v) is 7.52. The lowest BCUT2D eigenvalue weighted by Crippen LogP contribution is -2.46. The number of likely N-dealkylation sites (tertiary alicyclic amines) is 1. The molecule has 0 bridgehead atoms. The summed E-state index contributed by atoms with van der Waals surface area (Å²) in [4.78, 5) is 2.51. The molecule has 110 valence electrons. The van der Waals surface area contributed by atoms with Crippen LogP contribution < -0.4 is 5.32 Å². The van der Waals surface area contributed by atoms with E-state index in [-0.39, 0.29) is 6.10 Å². The summed E-state index contributed by atoms with van der Waals surface area (Å²) in [6.07, 6.45) is 9.20. The van der Waals surface area contributed by atoms with Crippen molar-refractivity contribution < 1.29 is 5.11 Å². The van der Waals surface area contributed by atoms with Crippen LogP contribution in [-0.2, 0) is 0 Å². The van der Waals surface area contributed by atoms with Crippen LogP contribution in [0.25, 0.3) is 0 Å². The monoisotopic (exact) mass is 266 g/mol. The van der Waals surface area contributed by atoms with Crippen LogP contribution in [0.4, 0.5) is 0 Å². The number of hydrogen-bond acceptors (Lipinski definition) is 3. The van der Waals surface area contributed by atoms with Gasteiger partial charge in [0.2, 0.25) is 0 Å². The third-order valence-electron chi connectivity index (χ3n) is 5.48. The molecule has 2 saturated carbocycles. The predicted molar refractivity (Wildman–Crippen MR) is 78.2 cm³/mol. The van der Waals surface area contributed by atoms with Crippen LogP contribution in [0, 0.1) is 11.3 Å². The minimum Gasteiger partial charge on any atom is -0.392 e. The first kappa shape index (κ1) is 13.8. The lowest BCUT2D eigenvalue weighted by atomic mass is 9.70. The number of β-amino-alcohol motifs (C(OH)–C–C–N with tert-alkyl or cyclic N) is 1. The van der Waals surface area contributed by atoms with Crippen molar-refractivity contribution in [2.24, 2.45) is 11.3 Å². The first-order chi connectivity index (χ1) is 9.15. The van der Waals surface area contributed by atoms with Gasteiger partial charge in [0.1, 0.15) is 0 Å². The minimum absolute atomic E-state index is 0.0732. The van der Waals surface area contributed by atoms with Gasteiger partial charge >= 0.3 is 0 Å². The van der Waals surface area contributed by atoms with E-state index in [0.717, 1.165) is 31.5 Å². The quantitative estimate of drug-likeness (QED) is 0.799. The number of aliphatic hydroxyl groups excluding tert-OH is 1. The van der Waals surface area contributed by atoms with Crippen molar-refractivity contribution in [3.8, 4) is 0 Å². The van der Waals surface area contributed by atoms with Crippen LogP contribution in [-0.4, -0.2) is 48.3 Å². The molecule has 0 aromatic carbocycles. The second-order valence-electron chi connectivity index (χ2n) is 7.52. The van der Waals surface area contributed by atoms with E-state index in [1.807, 2.05) is 0 Å². The van der Waals surface area contributed by atoms with Crippen molar-refractivity contribution in [1.82, 2.24) is 10.2 Å². The molecule has 3 fully saturated rings. The molecule has 0 aromatic heterocycles. The highest BCUT2D eigenvalue weighted by Gasteiger charge is 2.38. The molecule has 2 N–H and O–H groups in total. The van der Waals surface area contributed by atoms with Gasteiger partial charge in [-0.1, -0.05) is 19.8 Å². The van der Waals surface area contributed by atoms with Gasteiger partial charge in [0, 0.05) is 32.2 Å². The normalized spacial score (nSPS) is 40.7. The number of rotatable bonds is 5. The third kappa shape index (κ3) is 3.71. The Morgan fingerprint density at radius 2 is 1.89 bits per heavy atom. The molecule has 1 atom stereocenters. The highest BCUT2D eigenvalue weighted by atomic mass is 16.3. The second kappa shape index (κ2) is 5.71. The summed E-state index contributed by atoms with van der Waals surface area (Å²) in [5, 5.41) is 13.5. The molecule has 3 heteroatoms. The molecule has 1 unspecified atom stereocenters. The predicted octanol–water partition coefficient (Wildman–Crippen LogP) is 2.00. The maximum Gasteiger partial charge on any atom is 0.0679 e. The van der Waals surface area contributed by atoms with Crippen molar-refractivity contribution >= 4 is 0 Å². The number of aliphatic hydroxyl groups is 1. The fraction of sp³-hybridized carbons (Fsp3) is 1.00. The SMILES string of the molecule is CC1CCC(CNC2CC2)(CN2CCC(O)C2)CC1. The summed E-state index contributed by atoms with van der Waals surface area (Å²) in [7, 11) is 0. The largest absolute Gasteiger partial charge is 0.392 e. The van der Waals surface area contributed by atoms with E-state index in [1.165, 1.54) is 51.6 Å². The Morgan fingerprint density at radius 1 is 1.16 bits per heavy atom. The lowest BCUT2D eigenvalue weighted by molar-refractivity contribution is 0.0884. The molecule has 1 heterocycles. The molecule has 3 aliphatic rings. The first-order valence-corrected chi connectivity index (χ1v) is 8.29. The average Bonchev–Trinajstić information content (AvgIpc) is 3.14. The van der Waals surface area contributed by atoms with Crippen molar-refractivity contribution in [3.63, 3.8) is 0 Å². The summed E-state index contributed by atoms with van der Waals surface area (Å²) in [6.45, 7) is 6.81. The molecule has 0 amide bonds. The summed E-state index contributed by atoms with van der Waals surface area (Å²) >= 11 is 0. The van der Waals surface area contributed by atoms with Gasteiger partial charge in [0.15, 0.2) is 0 Å². The van der Waals surface area contributed by atoms with Gasteiger partial charge in [0.25, 0.3) is 0 Å². The van der Waals surface area contributed by atoms with Crippen molar-refractivity contribution in [3.05, 3.63) is 0 Å². The van der Waals surface area contributed by atoms with Gasteiger partial charge in [-0.15, -0.1) is 0 Å². The molecule has 0 spiro atoms. The third-order valence-corrected chi connectivity index (χ3v) is 5.48. The van der Waals surface area contributed by atoms with Crippen LogP contribution in [0.5, 0.6) is 0 Å². The van der Waals surface area contributed by atoms with Crippen LogP contribution >= 0.6 is 0 Å². The molecular weight excluding hydrogens is 236 g/mol. The molecular formula is C16H30N2O. The highest BCUT2D eigenvalue weighted by Crippen LogP contribution is 2.40. The maximum absolute atomic E-state index is 9.73. The minimum atomic E-state index is -0.0732. The molecule has 3 nitrogen and oxygen atoms in total. The van der Waals surface area contributed by atoms with E-state index >= 15 is 0 Å². The summed E-state index contributed by atoms with van der Waals surface area (Å²) in [5.41, 5.74) is 0.485. The molecule has 3 rings (SSSR count). The number of nitrogens with one attached hydrogen (secondary N) is 1. The lowest BCUT2D eigenvalue weighted by Gasteiger charge is -2.42. The molecule has 19 heavy (non-hydrogen) atoms. The van der Waals surface area contributed by atoms with E-state index in [4.69, 9.17) is 0 Å². The van der Waals surface area contributed by atoms with Gasteiger partial charge in [-0.2, -0.15) is 0 Å². The van der Waals surface area contributed by atoms with Crippen LogP contribution in [0.2, 0.25) is 0 Å². The van der Waals surface area contributed by atoms with Gasteiger partial charge in [-0.05, 0) is 43.4 Å². The van der Waals surface area contributed by atoms with Crippen molar-refractivity contribution in [2.75, 3.05) is 26.2 Å². The van der Waals surface area contributed by atoms with Crippen LogP contribution in [0.15, 0.2) is 0 Å². The number of hydrogen-bond donors (Lipinski definition) is 2. The molecule has 0 radical (unpaired) electrons. The maximum atomic E-state index is 9.73. The fourth-order valence-electron chi connectivity index (χ4n) is 3.84. The Kier molecular flexibility index (Phi) is 4.16. The van der Waals surface area contributed by atoms with E-state index in [1.54, 1.807) is 0 Å². The molecule has 2 aliphatic carbocycles.